The zero-order valence-corrected chi connectivity index (χ0v) is 9.21. The number of anilines is 1. The van der Waals surface area contributed by atoms with E-state index >= 15 is 0 Å². The molecule has 17 heavy (non-hydrogen) atoms. The molecule has 88 valence electrons. The van der Waals surface area contributed by atoms with Crippen LogP contribution in [0.5, 0.6) is 0 Å². The van der Waals surface area contributed by atoms with Crippen molar-refractivity contribution in [3.63, 3.8) is 0 Å². The van der Waals surface area contributed by atoms with Gasteiger partial charge in [-0.2, -0.15) is 5.10 Å². The summed E-state index contributed by atoms with van der Waals surface area (Å²) in [7, 11) is 0. The second-order valence-electron chi connectivity index (χ2n) is 3.59. The second-order valence-corrected chi connectivity index (χ2v) is 3.59. The van der Waals surface area contributed by atoms with Crippen molar-refractivity contribution in [3.05, 3.63) is 48.2 Å². The normalized spacial score (nSPS) is 10.2. The maximum Gasteiger partial charge on any atom is 0.251 e. The summed E-state index contributed by atoms with van der Waals surface area (Å²) in [4.78, 5) is 10.9. The molecule has 0 fully saturated rings. The zero-order chi connectivity index (χ0) is 12.1. The Labute approximate surface area is 98.7 Å². The van der Waals surface area contributed by atoms with Crippen molar-refractivity contribution in [1.29, 1.82) is 0 Å². The van der Waals surface area contributed by atoms with Gasteiger partial charge in [-0.25, -0.2) is 0 Å². The first kappa shape index (κ1) is 11.3. The van der Waals surface area contributed by atoms with Gasteiger partial charge in [-0.3, -0.25) is 9.48 Å². The standard InChI is InChI=1S/C12H13N3O2/c16-9-12(17)13-11-6-7-15(14-11)8-10-4-2-1-3-5-10/h1-7,16H,8-9H2,(H,13,14,17). The van der Waals surface area contributed by atoms with Crippen LogP contribution in [0.3, 0.4) is 0 Å². The first-order valence-corrected chi connectivity index (χ1v) is 5.26. The molecule has 5 nitrogen and oxygen atoms in total. The van der Waals surface area contributed by atoms with Gasteiger partial charge < -0.3 is 10.4 Å². The third-order valence-electron chi connectivity index (χ3n) is 2.24. The van der Waals surface area contributed by atoms with Crippen LogP contribution in [-0.2, 0) is 11.3 Å². The third kappa shape index (κ3) is 3.15. The summed E-state index contributed by atoms with van der Waals surface area (Å²) in [6.45, 7) is 0.112. The fourth-order valence-corrected chi connectivity index (χ4v) is 1.47. The largest absolute Gasteiger partial charge is 0.387 e. The lowest BCUT2D eigenvalue weighted by atomic mass is 10.2. The Kier molecular flexibility index (Phi) is 3.52. The van der Waals surface area contributed by atoms with Crippen LogP contribution in [-0.4, -0.2) is 27.4 Å². The van der Waals surface area contributed by atoms with Crippen molar-refractivity contribution in [1.82, 2.24) is 9.78 Å². The number of amides is 1. The monoisotopic (exact) mass is 231 g/mol. The molecule has 2 aromatic rings. The highest BCUT2D eigenvalue weighted by Crippen LogP contribution is 2.06. The Morgan fingerprint density at radius 2 is 2.06 bits per heavy atom. The fourth-order valence-electron chi connectivity index (χ4n) is 1.47. The summed E-state index contributed by atoms with van der Waals surface area (Å²) in [5.41, 5.74) is 1.13. The lowest BCUT2D eigenvalue weighted by Gasteiger charge is -2.01. The molecule has 0 aliphatic rings. The number of rotatable bonds is 4. The summed E-state index contributed by atoms with van der Waals surface area (Å²) < 4.78 is 1.72. The van der Waals surface area contributed by atoms with E-state index in [9.17, 15) is 4.79 Å². The van der Waals surface area contributed by atoms with E-state index in [0.717, 1.165) is 5.56 Å². The van der Waals surface area contributed by atoms with Crippen molar-refractivity contribution in [2.75, 3.05) is 11.9 Å². The highest BCUT2D eigenvalue weighted by Gasteiger charge is 2.03. The molecule has 0 spiro atoms. The number of nitrogens with zero attached hydrogens (tertiary/aromatic N) is 2. The third-order valence-corrected chi connectivity index (χ3v) is 2.24. The second kappa shape index (κ2) is 5.27. The molecular formula is C12H13N3O2. The summed E-state index contributed by atoms with van der Waals surface area (Å²) >= 11 is 0. The van der Waals surface area contributed by atoms with Gasteiger partial charge in [-0.05, 0) is 5.56 Å². The highest BCUT2D eigenvalue weighted by atomic mass is 16.3. The van der Waals surface area contributed by atoms with Crippen LogP contribution in [0.15, 0.2) is 42.6 Å². The summed E-state index contributed by atoms with van der Waals surface area (Å²) in [6.07, 6.45) is 1.78. The van der Waals surface area contributed by atoms with Crippen LogP contribution in [0.1, 0.15) is 5.56 Å². The van der Waals surface area contributed by atoms with Crippen LogP contribution in [0.25, 0.3) is 0 Å². The topological polar surface area (TPSA) is 67.2 Å². The van der Waals surface area contributed by atoms with Crippen LogP contribution in [0, 0.1) is 0 Å². The molecular weight excluding hydrogens is 218 g/mol. The first-order chi connectivity index (χ1) is 8.28. The smallest absolute Gasteiger partial charge is 0.251 e. The van der Waals surface area contributed by atoms with E-state index in [-0.39, 0.29) is 0 Å². The van der Waals surface area contributed by atoms with Crippen LogP contribution >= 0.6 is 0 Å². The minimum absolute atomic E-state index is 0.444. The van der Waals surface area contributed by atoms with E-state index in [0.29, 0.717) is 12.4 Å². The fraction of sp³-hybridized carbons (Fsp3) is 0.167. The van der Waals surface area contributed by atoms with Crippen molar-refractivity contribution >= 4 is 11.7 Å². The number of aliphatic hydroxyl groups is 1. The molecule has 0 atom stereocenters. The molecule has 1 aromatic heterocycles. The minimum Gasteiger partial charge on any atom is -0.387 e. The van der Waals surface area contributed by atoms with Crippen LogP contribution in [0.2, 0.25) is 0 Å². The lowest BCUT2D eigenvalue weighted by Crippen LogP contribution is -2.16. The van der Waals surface area contributed by atoms with Gasteiger partial charge in [-0.1, -0.05) is 30.3 Å². The molecule has 0 saturated carbocycles. The number of hydrogen-bond donors (Lipinski definition) is 2. The average Bonchev–Trinajstić information content (AvgIpc) is 2.77. The average molecular weight is 231 g/mol. The molecule has 2 rings (SSSR count). The van der Waals surface area contributed by atoms with Gasteiger partial charge >= 0.3 is 0 Å². The number of aromatic nitrogens is 2. The maximum absolute atomic E-state index is 10.9. The first-order valence-electron chi connectivity index (χ1n) is 5.26. The van der Waals surface area contributed by atoms with Gasteiger partial charge in [0, 0.05) is 12.3 Å². The van der Waals surface area contributed by atoms with Crippen LogP contribution < -0.4 is 5.32 Å². The van der Waals surface area contributed by atoms with Gasteiger partial charge in [0.1, 0.15) is 6.61 Å². The lowest BCUT2D eigenvalue weighted by molar-refractivity contribution is -0.118. The van der Waals surface area contributed by atoms with Gasteiger partial charge in [-0.15, -0.1) is 0 Å². The molecule has 1 heterocycles. The quantitative estimate of drug-likeness (QED) is 0.820. The van der Waals surface area contributed by atoms with E-state index < -0.39 is 12.5 Å². The number of carbonyl (C=O) groups excluding carboxylic acids is 1. The van der Waals surface area contributed by atoms with Crippen molar-refractivity contribution in [2.24, 2.45) is 0 Å². The minimum atomic E-state index is -0.536. The number of carbonyl (C=O) groups is 1. The van der Waals surface area contributed by atoms with Gasteiger partial charge in [0.25, 0.3) is 5.91 Å². The molecule has 0 saturated heterocycles. The summed E-state index contributed by atoms with van der Waals surface area (Å²) in [5.74, 6) is -0.0186. The number of benzene rings is 1. The summed E-state index contributed by atoms with van der Waals surface area (Å²) in [5, 5.41) is 15.2. The predicted molar refractivity (Wildman–Crippen MR) is 63.5 cm³/mol. The Balaban J connectivity index is 2.01. The van der Waals surface area contributed by atoms with Gasteiger partial charge in [0.2, 0.25) is 0 Å². The molecule has 0 bridgehead atoms. The molecule has 0 unspecified atom stereocenters. The van der Waals surface area contributed by atoms with E-state index in [1.165, 1.54) is 0 Å². The maximum atomic E-state index is 10.9. The van der Waals surface area contributed by atoms with E-state index in [4.69, 9.17) is 5.11 Å². The van der Waals surface area contributed by atoms with Crippen molar-refractivity contribution in [3.8, 4) is 0 Å². The number of nitrogens with one attached hydrogen (secondary N) is 1. The van der Waals surface area contributed by atoms with E-state index in [1.54, 1.807) is 16.9 Å². The van der Waals surface area contributed by atoms with Crippen molar-refractivity contribution in [2.45, 2.75) is 6.54 Å². The molecule has 1 aromatic carbocycles. The number of aliphatic hydroxyl groups excluding tert-OH is 1. The molecule has 0 aliphatic heterocycles. The summed E-state index contributed by atoms with van der Waals surface area (Å²) in [6, 6.07) is 11.6. The van der Waals surface area contributed by atoms with Gasteiger partial charge in [0.15, 0.2) is 5.82 Å². The number of hydrogen-bond acceptors (Lipinski definition) is 3. The SMILES string of the molecule is O=C(CO)Nc1ccn(Cc2ccccc2)n1. The zero-order valence-electron chi connectivity index (χ0n) is 9.21. The Bertz CT molecular complexity index is 493. The Morgan fingerprint density at radius 3 is 2.76 bits per heavy atom. The molecule has 0 aliphatic carbocycles. The van der Waals surface area contributed by atoms with Crippen LogP contribution in [0.4, 0.5) is 5.82 Å². The van der Waals surface area contributed by atoms with Crippen molar-refractivity contribution < 1.29 is 9.90 Å². The van der Waals surface area contributed by atoms with E-state index in [2.05, 4.69) is 10.4 Å². The predicted octanol–water partition coefficient (Wildman–Crippen LogP) is 0.862. The highest BCUT2D eigenvalue weighted by molar-refractivity contribution is 5.90. The van der Waals surface area contributed by atoms with E-state index in [1.807, 2.05) is 30.3 Å². The molecule has 5 heteroatoms. The molecule has 1 amide bonds. The Hall–Kier alpha value is -2.14. The molecule has 0 radical (unpaired) electrons. The molecule has 2 N–H and O–H groups in total. The Morgan fingerprint density at radius 1 is 1.29 bits per heavy atom. The van der Waals surface area contributed by atoms with Gasteiger partial charge in [0.05, 0.1) is 6.54 Å².